The van der Waals surface area contributed by atoms with Crippen LogP contribution in [-0.2, 0) is 9.59 Å². The van der Waals surface area contributed by atoms with Crippen molar-refractivity contribution in [3.8, 4) is 0 Å². The van der Waals surface area contributed by atoms with Crippen LogP contribution in [0, 0.1) is 0 Å². The van der Waals surface area contributed by atoms with Crippen LogP contribution in [0.1, 0.15) is 59.3 Å². The first-order valence-electron chi connectivity index (χ1n) is 7.52. The number of hydrogen-bond acceptors (Lipinski definition) is 3. The van der Waals surface area contributed by atoms with E-state index >= 15 is 0 Å². The second kappa shape index (κ2) is 5.35. The highest BCUT2D eigenvalue weighted by molar-refractivity contribution is 5.83. The van der Waals surface area contributed by atoms with Crippen LogP contribution in [0.25, 0.3) is 0 Å². The molecule has 1 heterocycles. The summed E-state index contributed by atoms with van der Waals surface area (Å²) in [5.74, 6) is -0.0506. The monoisotopic (exact) mass is 282 g/mol. The standard InChI is InChI=1S/C15H26N2O3/c1-14(2,3)17-10-11(8-13(17)19)16-12(18)9-15(20)6-4-5-7-15/h11,20H,4-10H2,1-3H3,(H,16,18). The lowest BCUT2D eigenvalue weighted by atomic mass is 9.97. The van der Waals surface area contributed by atoms with E-state index in [0.717, 1.165) is 12.8 Å². The van der Waals surface area contributed by atoms with Crippen molar-refractivity contribution in [3.63, 3.8) is 0 Å². The summed E-state index contributed by atoms with van der Waals surface area (Å²) >= 11 is 0. The van der Waals surface area contributed by atoms with Crippen molar-refractivity contribution < 1.29 is 14.7 Å². The van der Waals surface area contributed by atoms with Crippen molar-refractivity contribution in [1.82, 2.24) is 10.2 Å². The van der Waals surface area contributed by atoms with Crippen molar-refractivity contribution in [2.45, 2.75) is 76.5 Å². The predicted octanol–water partition coefficient (Wildman–Crippen LogP) is 1.20. The van der Waals surface area contributed by atoms with Gasteiger partial charge in [-0.1, -0.05) is 12.8 Å². The highest BCUT2D eigenvalue weighted by Gasteiger charge is 2.38. The number of nitrogens with zero attached hydrogens (tertiary/aromatic N) is 1. The molecule has 0 radical (unpaired) electrons. The van der Waals surface area contributed by atoms with E-state index in [1.54, 1.807) is 0 Å². The third kappa shape index (κ3) is 3.51. The fourth-order valence-corrected chi connectivity index (χ4v) is 3.24. The molecule has 1 aliphatic heterocycles. The largest absolute Gasteiger partial charge is 0.389 e. The fraction of sp³-hybridized carbons (Fsp3) is 0.867. The van der Waals surface area contributed by atoms with Gasteiger partial charge in [0, 0.05) is 18.5 Å². The minimum atomic E-state index is -0.823. The number of carbonyl (C=O) groups excluding carboxylic acids is 2. The van der Waals surface area contributed by atoms with Crippen molar-refractivity contribution in [3.05, 3.63) is 0 Å². The van der Waals surface area contributed by atoms with Crippen LogP contribution in [0.4, 0.5) is 0 Å². The van der Waals surface area contributed by atoms with E-state index in [4.69, 9.17) is 0 Å². The van der Waals surface area contributed by atoms with E-state index in [2.05, 4.69) is 5.32 Å². The molecule has 2 fully saturated rings. The van der Waals surface area contributed by atoms with Crippen LogP contribution in [0.5, 0.6) is 0 Å². The fourth-order valence-electron chi connectivity index (χ4n) is 3.24. The molecule has 1 saturated carbocycles. The molecule has 0 aromatic rings. The van der Waals surface area contributed by atoms with Crippen molar-refractivity contribution in [1.29, 1.82) is 0 Å². The van der Waals surface area contributed by atoms with Crippen LogP contribution >= 0.6 is 0 Å². The summed E-state index contributed by atoms with van der Waals surface area (Å²) in [6, 6.07) is -0.126. The van der Waals surface area contributed by atoms with E-state index in [1.165, 1.54) is 0 Å². The Morgan fingerprint density at radius 3 is 2.50 bits per heavy atom. The summed E-state index contributed by atoms with van der Waals surface area (Å²) in [6.45, 7) is 6.55. The molecule has 0 bridgehead atoms. The Morgan fingerprint density at radius 1 is 1.40 bits per heavy atom. The smallest absolute Gasteiger partial charge is 0.225 e. The van der Waals surface area contributed by atoms with Gasteiger partial charge in [0.2, 0.25) is 11.8 Å². The van der Waals surface area contributed by atoms with E-state index in [1.807, 2.05) is 25.7 Å². The zero-order valence-corrected chi connectivity index (χ0v) is 12.7. The van der Waals surface area contributed by atoms with Gasteiger partial charge in [-0.15, -0.1) is 0 Å². The summed E-state index contributed by atoms with van der Waals surface area (Å²) in [5.41, 5.74) is -1.03. The van der Waals surface area contributed by atoms with Gasteiger partial charge in [0.1, 0.15) is 0 Å². The maximum absolute atomic E-state index is 12.0. The Bertz CT molecular complexity index is 394. The molecule has 2 aliphatic rings. The molecule has 1 unspecified atom stereocenters. The molecular formula is C15H26N2O3. The number of carbonyl (C=O) groups is 2. The average molecular weight is 282 g/mol. The SMILES string of the molecule is CC(C)(C)N1CC(NC(=O)CC2(O)CCCC2)CC1=O. The number of amides is 2. The lowest BCUT2D eigenvalue weighted by Crippen LogP contribution is -2.45. The van der Waals surface area contributed by atoms with Gasteiger partial charge in [0.05, 0.1) is 18.1 Å². The molecule has 2 rings (SSSR count). The lowest BCUT2D eigenvalue weighted by molar-refractivity contribution is -0.131. The average Bonchev–Trinajstić information content (AvgIpc) is 2.84. The van der Waals surface area contributed by atoms with Crippen molar-refractivity contribution in [2.75, 3.05) is 6.54 Å². The van der Waals surface area contributed by atoms with Gasteiger partial charge in [0.15, 0.2) is 0 Å². The molecule has 0 spiro atoms. The van der Waals surface area contributed by atoms with Gasteiger partial charge in [-0.2, -0.15) is 0 Å². The summed E-state index contributed by atoms with van der Waals surface area (Å²) in [7, 11) is 0. The van der Waals surface area contributed by atoms with E-state index < -0.39 is 5.60 Å². The van der Waals surface area contributed by atoms with Gasteiger partial charge in [-0.25, -0.2) is 0 Å². The van der Waals surface area contributed by atoms with Crippen LogP contribution in [0.3, 0.4) is 0 Å². The second-order valence-electron chi connectivity index (χ2n) is 7.25. The highest BCUT2D eigenvalue weighted by Crippen LogP contribution is 2.32. The quantitative estimate of drug-likeness (QED) is 0.817. The maximum atomic E-state index is 12.0. The van der Waals surface area contributed by atoms with E-state index in [9.17, 15) is 14.7 Å². The van der Waals surface area contributed by atoms with Crippen molar-refractivity contribution in [2.24, 2.45) is 0 Å². The second-order valence-corrected chi connectivity index (χ2v) is 7.25. The van der Waals surface area contributed by atoms with Crippen LogP contribution in [0.15, 0.2) is 0 Å². The summed E-state index contributed by atoms with van der Waals surface area (Å²) in [4.78, 5) is 25.8. The summed E-state index contributed by atoms with van der Waals surface area (Å²) in [5, 5.41) is 13.1. The van der Waals surface area contributed by atoms with Crippen LogP contribution in [-0.4, -0.2) is 45.5 Å². The molecule has 1 atom stereocenters. The van der Waals surface area contributed by atoms with Gasteiger partial charge in [-0.3, -0.25) is 9.59 Å². The van der Waals surface area contributed by atoms with E-state index in [0.29, 0.717) is 25.8 Å². The van der Waals surface area contributed by atoms with Crippen molar-refractivity contribution >= 4 is 11.8 Å². The number of likely N-dealkylation sites (tertiary alicyclic amines) is 1. The van der Waals surface area contributed by atoms with Crippen LogP contribution < -0.4 is 5.32 Å². The van der Waals surface area contributed by atoms with Gasteiger partial charge >= 0.3 is 0 Å². The summed E-state index contributed by atoms with van der Waals surface area (Å²) < 4.78 is 0. The normalized spacial score (nSPS) is 26.1. The Hall–Kier alpha value is -1.10. The molecule has 1 saturated heterocycles. The van der Waals surface area contributed by atoms with Gasteiger partial charge in [-0.05, 0) is 33.6 Å². The molecule has 2 N–H and O–H groups in total. The highest BCUT2D eigenvalue weighted by atomic mass is 16.3. The third-order valence-corrected chi connectivity index (χ3v) is 4.32. The minimum Gasteiger partial charge on any atom is -0.389 e. The minimum absolute atomic E-state index is 0.0855. The zero-order chi connectivity index (χ0) is 15.0. The van der Waals surface area contributed by atoms with Gasteiger partial charge < -0.3 is 15.3 Å². The Kier molecular flexibility index (Phi) is 4.09. The van der Waals surface area contributed by atoms with Crippen LogP contribution in [0.2, 0.25) is 0 Å². The molecule has 1 aliphatic carbocycles. The molecular weight excluding hydrogens is 256 g/mol. The molecule has 0 aromatic heterocycles. The molecule has 0 aromatic carbocycles. The number of nitrogens with one attached hydrogen (secondary N) is 1. The Labute approximate surface area is 120 Å². The Morgan fingerprint density at radius 2 is 2.00 bits per heavy atom. The molecule has 114 valence electrons. The molecule has 2 amide bonds. The molecule has 5 heteroatoms. The van der Waals surface area contributed by atoms with Gasteiger partial charge in [0.25, 0.3) is 0 Å². The van der Waals surface area contributed by atoms with E-state index in [-0.39, 0.29) is 29.8 Å². The first-order valence-corrected chi connectivity index (χ1v) is 7.52. The molecule has 5 nitrogen and oxygen atoms in total. The number of hydrogen-bond donors (Lipinski definition) is 2. The number of aliphatic hydroxyl groups is 1. The predicted molar refractivity (Wildman–Crippen MR) is 76.0 cm³/mol. The molecule has 20 heavy (non-hydrogen) atoms. The first-order chi connectivity index (χ1) is 9.20. The Balaban J connectivity index is 1.85. The topological polar surface area (TPSA) is 69.6 Å². The third-order valence-electron chi connectivity index (χ3n) is 4.32. The zero-order valence-electron chi connectivity index (χ0n) is 12.7. The maximum Gasteiger partial charge on any atom is 0.225 e. The summed E-state index contributed by atoms with van der Waals surface area (Å²) in [6.07, 6.45) is 3.91. The lowest BCUT2D eigenvalue weighted by Gasteiger charge is -2.32. The first kappa shape index (κ1) is 15.3. The number of rotatable bonds is 3.